The standard InChI is InChI=1S/C13H28N2S/c1-5-11(14)12(13(2,3)4)15-7-6-9-16-10-8-15/h11-12H,5-10,14H2,1-4H3. The molecule has 1 rings (SSSR count). The summed E-state index contributed by atoms with van der Waals surface area (Å²) in [5.41, 5.74) is 6.62. The van der Waals surface area contributed by atoms with E-state index in [9.17, 15) is 0 Å². The van der Waals surface area contributed by atoms with E-state index in [1.54, 1.807) is 0 Å². The predicted molar refractivity (Wildman–Crippen MR) is 75.0 cm³/mol. The molecule has 3 heteroatoms. The number of nitrogens with two attached hydrogens (primary N) is 1. The number of nitrogens with zero attached hydrogens (tertiary/aromatic N) is 1. The molecule has 1 saturated heterocycles. The van der Waals surface area contributed by atoms with Gasteiger partial charge in [0.15, 0.2) is 0 Å². The summed E-state index contributed by atoms with van der Waals surface area (Å²) in [7, 11) is 0. The van der Waals surface area contributed by atoms with Crippen molar-refractivity contribution < 1.29 is 0 Å². The third-order valence-electron chi connectivity index (χ3n) is 3.41. The lowest BCUT2D eigenvalue weighted by molar-refractivity contribution is 0.0832. The second-order valence-electron chi connectivity index (χ2n) is 5.88. The fourth-order valence-corrected chi connectivity index (χ4v) is 3.63. The summed E-state index contributed by atoms with van der Waals surface area (Å²) < 4.78 is 0. The van der Waals surface area contributed by atoms with Crippen LogP contribution in [0.5, 0.6) is 0 Å². The molecule has 2 atom stereocenters. The highest BCUT2D eigenvalue weighted by atomic mass is 32.2. The van der Waals surface area contributed by atoms with E-state index in [2.05, 4.69) is 44.4 Å². The molecule has 96 valence electrons. The zero-order valence-electron chi connectivity index (χ0n) is 11.3. The summed E-state index contributed by atoms with van der Waals surface area (Å²) >= 11 is 2.08. The fourth-order valence-electron chi connectivity index (χ4n) is 2.73. The molecule has 2 N–H and O–H groups in total. The Morgan fingerprint density at radius 1 is 1.25 bits per heavy atom. The number of hydrogen-bond donors (Lipinski definition) is 1. The predicted octanol–water partition coefficient (Wildman–Crippen LogP) is 2.58. The van der Waals surface area contributed by atoms with Crippen molar-refractivity contribution in [2.75, 3.05) is 24.6 Å². The maximum atomic E-state index is 6.34. The van der Waals surface area contributed by atoms with Gasteiger partial charge in [-0.05, 0) is 30.6 Å². The SMILES string of the molecule is CCC(N)C(N1CCCSCC1)C(C)(C)C. The molecule has 1 aliphatic heterocycles. The summed E-state index contributed by atoms with van der Waals surface area (Å²) in [6.07, 6.45) is 2.39. The zero-order valence-corrected chi connectivity index (χ0v) is 12.1. The monoisotopic (exact) mass is 244 g/mol. The van der Waals surface area contributed by atoms with Crippen molar-refractivity contribution in [2.45, 2.75) is 52.6 Å². The Morgan fingerprint density at radius 2 is 1.94 bits per heavy atom. The molecule has 0 aromatic rings. The van der Waals surface area contributed by atoms with E-state index in [-0.39, 0.29) is 5.41 Å². The van der Waals surface area contributed by atoms with Crippen molar-refractivity contribution in [2.24, 2.45) is 11.1 Å². The van der Waals surface area contributed by atoms with Gasteiger partial charge in [-0.15, -0.1) is 0 Å². The average Bonchev–Trinajstić information content (AvgIpc) is 2.44. The summed E-state index contributed by atoms with van der Waals surface area (Å²) in [5.74, 6) is 2.58. The average molecular weight is 244 g/mol. The first kappa shape index (κ1) is 14.3. The molecule has 0 bridgehead atoms. The number of thioether (sulfide) groups is 1. The van der Waals surface area contributed by atoms with Gasteiger partial charge in [-0.1, -0.05) is 27.7 Å². The van der Waals surface area contributed by atoms with Crippen molar-refractivity contribution >= 4 is 11.8 Å². The molecule has 0 amide bonds. The van der Waals surface area contributed by atoms with Crippen LogP contribution >= 0.6 is 11.8 Å². The highest BCUT2D eigenvalue weighted by molar-refractivity contribution is 7.99. The van der Waals surface area contributed by atoms with Crippen molar-refractivity contribution in [1.29, 1.82) is 0 Å². The van der Waals surface area contributed by atoms with Gasteiger partial charge >= 0.3 is 0 Å². The van der Waals surface area contributed by atoms with Gasteiger partial charge < -0.3 is 5.73 Å². The molecular formula is C13H28N2S. The van der Waals surface area contributed by atoms with E-state index < -0.39 is 0 Å². The van der Waals surface area contributed by atoms with Crippen molar-refractivity contribution in [3.8, 4) is 0 Å². The van der Waals surface area contributed by atoms with Gasteiger partial charge in [0.05, 0.1) is 0 Å². The van der Waals surface area contributed by atoms with Crippen LogP contribution in [0.2, 0.25) is 0 Å². The lowest BCUT2D eigenvalue weighted by Crippen LogP contribution is -2.55. The highest BCUT2D eigenvalue weighted by Crippen LogP contribution is 2.29. The van der Waals surface area contributed by atoms with Crippen molar-refractivity contribution in [3.05, 3.63) is 0 Å². The van der Waals surface area contributed by atoms with E-state index in [1.165, 1.54) is 31.0 Å². The summed E-state index contributed by atoms with van der Waals surface area (Å²) in [5, 5.41) is 0. The van der Waals surface area contributed by atoms with Crippen LogP contribution in [-0.4, -0.2) is 41.6 Å². The van der Waals surface area contributed by atoms with Gasteiger partial charge in [-0.3, -0.25) is 4.90 Å². The number of rotatable bonds is 3. The largest absolute Gasteiger partial charge is 0.326 e. The van der Waals surface area contributed by atoms with Crippen LogP contribution in [-0.2, 0) is 0 Å². The molecular weight excluding hydrogens is 216 g/mol. The van der Waals surface area contributed by atoms with Crippen LogP contribution in [0.1, 0.15) is 40.5 Å². The third kappa shape index (κ3) is 3.94. The zero-order chi connectivity index (χ0) is 12.2. The minimum Gasteiger partial charge on any atom is -0.326 e. The van der Waals surface area contributed by atoms with E-state index >= 15 is 0 Å². The molecule has 2 nitrogen and oxygen atoms in total. The molecule has 0 spiro atoms. The Hall–Kier alpha value is 0.270. The van der Waals surface area contributed by atoms with Gasteiger partial charge in [0.25, 0.3) is 0 Å². The minimum absolute atomic E-state index is 0.282. The quantitative estimate of drug-likeness (QED) is 0.827. The van der Waals surface area contributed by atoms with E-state index in [1.807, 2.05) is 0 Å². The fraction of sp³-hybridized carbons (Fsp3) is 1.00. The first-order chi connectivity index (χ1) is 7.46. The maximum absolute atomic E-state index is 6.34. The first-order valence-corrected chi connectivity index (χ1v) is 7.69. The van der Waals surface area contributed by atoms with E-state index in [4.69, 9.17) is 5.73 Å². The summed E-state index contributed by atoms with van der Waals surface area (Å²) in [6, 6.07) is 0.833. The molecule has 0 radical (unpaired) electrons. The Morgan fingerprint density at radius 3 is 2.50 bits per heavy atom. The number of hydrogen-bond acceptors (Lipinski definition) is 3. The molecule has 16 heavy (non-hydrogen) atoms. The summed E-state index contributed by atoms with van der Waals surface area (Å²) in [6.45, 7) is 11.6. The Labute approximate surface area is 105 Å². The Balaban J connectivity index is 2.74. The Kier molecular flexibility index (Phi) is 5.62. The highest BCUT2D eigenvalue weighted by Gasteiger charge is 2.34. The molecule has 0 saturated carbocycles. The van der Waals surface area contributed by atoms with Gasteiger partial charge in [0.2, 0.25) is 0 Å². The van der Waals surface area contributed by atoms with E-state index in [0.717, 1.165) is 6.42 Å². The van der Waals surface area contributed by atoms with Crippen LogP contribution in [0.15, 0.2) is 0 Å². The molecule has 1 heterocycles. The molecule has 0 aliphatic carbocycles. The van der Waals surface area contributed by atoms with Crippen LogP contribution in [0, 0.1) is 5.41 Å². The van der Waals surface area contributed by atoms with Crippen LogP contribution in [0.4, 0.5) is 0 Å². The van der Waals surface area contributed by atoms with Gasteiger partial charge in [0.1, 0.15) is 0 Å². The van der Waals surface area contributed by atoms with Gasteiger partial charge in [-0.2, -0.15) is 11.8 Å². The maximum Gasteiger partial charge on any atom is 0.0295 e. The van der Waals surface area contributed by atoms with Gasteiger partial charge in [-0.25, -0.2) is 0 Å². The topological polar surface area (TPSA) is 29.3 Å². The molecule has 1 fully saturated rings. The van der Waals surface area contributed by atoms with Crippen LogP contribution in [0.25, 0.3) is 0 Å². The first-order valence-electron chi connectivity index (χ1n) is 6.54. The third-order valence-corrected chi connectivity index (χ3v) is 4.46. The van der Waals surface area contributed by atoms with Gasteiger partial charge in [0, 0.05) is 24.4 Å². The van der Waals surface area contributed by atoms with Crippen LogP contribution in [0.3, 0.4) is 0 Å². The normalized spacial score (nSPS) is 23.8. The minimum atomic E-state index is 0.282. The second-order valence-corrected chi connectivity index (χ2v) is 7.11. The second kappa shape index (κ2) is 6.27. The van der Waals surface area contributed by atoms with Crippen molar-refractivity contribution in [3.63, 3.8) is 0 Å². The van der Waals surface area contributed by atoms with Crippen LogP contribution < -0.4 is 5.73 Å². The molecule has 2 unspecified atom stereocenters. The summed E-state index contributed by atoms with van der Waals surface area (Å²) in [4.78, 5) is 2.63. The Bertz CT molecular complexity index is 193. The lowest BCUT2D eigenvalue weighted by atomic mass is 9.80. The lowest BCUT2D eigenvalue weighted by Gasteiger charge is -2.43. The molecule has 0 aromatic carbocycles. The van der Waals surface area contributed by atoms with Crippen molar-refractivity contribution in [1.82, 2.24) is 4.90 Å². The smallest absolute Gasteiger partial charge is 0.0295 e. The molecule has 1 aliphatic rings. The molecule has 0 aromatic heterocycles. The van der Waals surface area contributed by atoms with E-state index in [0.29, 0.717) is 12.1 Å².